The summed E-state index contributed by atoms with van der Waals surface area (Å²) in [5.74, 6) is -0.553. The number of amides is 1. The third-order valence-corrected chi connectivity index (χ3v) is 4.50. The second-order valence-corrected chi connectivity index (χ2v) is 6.97. The minimum atomic E-state index is -0.758. The van der Waals surface area contributed by atoms with Crippen LogP contribution < -0.4 is 5.32 Å². The number of esters is 1. The van der Waals surface area contributed by atoms with Gasteiger partial charge in [0.1, 0.15) is 18.5 Å². The van der Waals surface area contributed by atoms with Crippen molar-refractivity contribution in [1.29, 1.82) is 0 Å². The van der Waals surface area contributed by atoms with Gasteiger partial charge in [0.05, 0.1) is 0 Å². The monoisotopic (exact) mass is 395 g/mol. The molecule has 0 aliphatic heterocycles. The predicted octanol–water partition coefficient (Wildman–Crippen LogP) is 4.07. The molecule has 0 saturated carbocycles. The summed E-state index contributed by atoms with van der Waals surface area (Å²) in [5, 5.41) is 3.23. The maximum absolute atomic E-state index is 12.9. The number of rotatable bonds is 8. The highest BCUT2D eigenvalue weighted by Crippen LogP contribution is 2.11. The highest BCUT2D eigenvalue weighted by Gasteiger charge is 2.22. The van der Waals surface area contributed by atoms with Crippen molar-refractivity contribution in [1.82, 2.24) is 5.32 Å². The molecule has 4 nitrogen and oxygen atoms in total. The fourth-order valence-corrected chi connectivity index (χ4v) is 2.76. The molecule has 26 heavy (non-hydrogen) atoms. The van der Waals surface area contributed by atoms with Crippen molar-refractivity contribution < 1.29 is 18.7 Å². The van der Waals surface area contributed by atoms with Crippen LogP contribution >= 0.6 is 23.4 Å². The van der Waals surface area contributed by atoms with E-state index in [9.17, 15) is 14.0 Å². The molecule has 138 valence electrons. The number of benzene rings is 2. The zero-order chi connectivity index (χ0) is 18.9. The molecule has 2 aromatic carbocycles. The average Bonchev–Trinajstić information content (AvgIpc) is 2.64. The number of thioether (sulfide) groups is 1. The van der Waals surface area contributed by atoms with Crippen LogP contribution in [0.1, 0.15) is 22.3 Å². The number of ether oxygens (including phenoxy) is 1. The lowest BCUT2D eigenvalue weighted by atomic mass is 10.1. The van der Waals surface area contributed by atoms with Crippen molar-refractivity contribution in [3.05, 3.63) is 70.5 Å². The van der Waals surface area contributed by atoms with Crippen molar-refractivity contribution >= 4 is 35.2 Å². The van der Waals surface area contributed by atoms with E-state index in [2.05, 4.69) is 5.32 Å². The number of halogens is 2. The minimum Gasteiger partial charge on any atom is -0.459 e. The van der Waals surface area contributed by atoms with Crippen molar-refractivity contribution in [2.45, 2.75) is 19.1 Å². The summed E-state index contributed by atoms with van der Waals surface area (Å²) in [5.41, 5.74) is 1.09. The Morgan fingerprint density at radius 3 is 2.42 bits per heavy atom. The molecule has 0 aliphatic carbocycles. The Labute approximate surface area is 161 Å². The molecular weight excluding hydrogens is 377 g/mol. The molecule has 1 N–H and O–H groups in total. The van der Waals surface area contributed by atoms with Gasteiger partial charge in [0.2, 0.25) is 0 Å². The number of hydrogen-bond donors (Lipinski definition) is 1. The predicted molar refractivity (Wildman–Crippen MR) is 102 cm³/mol. The van der Waals surface area contributed by atoms with Crippen molar-refractivity contribution in [2.75, 3.05) is 12.0 Å². The van der Waals surface area contributed by atoms with Gasteiger partial charge in [-0.2, -0.15) is 11.8 Å². The Hall–Kier alpha value is -2.05. The van der Waals surface area contributed by atoms with E-state index >= 15 is 0 Å². The van der Waals surface area contributed by atoms with Gasteiger partial charge in [-0.25, -0.2) is 9.18 Å². The first-order valence-electron chi connectivity index (χ1n) is 7.96. The molecule has 0 heterocycles. The molecule has 0 fully saturated rings. The topological polar surface area (TPSA) is 55.4 Å². The Kier molecular flexibility index (Phi) is 7.94. The van der Waals surface area contributed by atoms with Gasteiger partial charge in [0.25, 0.3) is 5.91 Å². The Balaban J connectivity index is 1.98. The first-order valence-corrected chi connectivity index (χ1v) is 9.73. The molecular formula is C19H19ClFNO3S. The Bertz CT molecular complexity index is 737. The lowest BCUT2D eigenvalue weighted by Crippen LogP contribution is -2.42. The molecule has 0 saturated heterocycles. The van der Waals surface area contributed by atoms with Gasteiger partial charge in [-0.15, -0.1) is 0 Å². The molecule has 0 unspecified atom stereocenters. The van der Waals surface area contributed by atoms with Gasteiger partial charge in [-0.3, -0.25) is 4.79 Å². The average molecular weight is 396 g/mol. The van der Waals surface area contributed by atoms with Crippen LogP contribution in [0.2, 0.25) is 5.02 Å². The van der Waals surface area contributed by atoms with Gasteiger partial charge in [0, 0.05) is 10.6 Å². The van der Waals surface area contributed by atoms with E-state index in [0.717, 1.165) is 0 Å². The number of carbonyl (C=O) groups is 2. The standard InChI is InChI=1S/C19H19ClFNO3S/c1-26-11-10-17(22-18(23)14-4-6-15(20)7-5-14)19(24)25-12-13-2-8-16(21)9-3-13/h2-9,17H,10-12H2,1H3,(H,22,23)/t17-/m1/s1. The maximum Gasteiger partial charge on any atom is 0.329 e. The third-order valence-electron chi connectivity index (χ3n) is 3.60. The number of hydrogen-bond acceptors (Lipinski definition) is 4. The minimum absolute atomic E-state index is 0.0195. The van der Waals surface area contributed by atoms with Crippen LogP contribution in [0.3, 0.4) is 0 Å². The van der Waals surface area contributed by atoms with Crippen LogP contribution in [0.5, 0.6) is 0 Å². The van der Waals surface area contributed by atoms with Gasteiger partial charge in [-0.1, -0.05) is 23.7 Å². The molecule has 0 aromatic heterocycles. The summed E-state index contributed by atoms with van der Waals surface area (Å²) in [4.78, 5) is 24.7. The Morgan fingerprint density at radius 1 is 1.15 bits per heavy atom. The summed E-state index contributed by atoms with van der Waals surface area (Å²) < 4.78 is 18.2. The van der Waals surface area contributed by atoms with E-state index in [1.54, 1.807) is 48.2 Å². The fraction of sp³-hybridized carbons (Fsp3) is 0.263. The third kappa shape index (κ3) is 6.35. The number of nitrogens with one attached hydrogen (secondary N) is 1. The molecule has 2 aromatic rings. The summed E-state index contributed by atoms with van der Waals surface area (Å²) in [6, 6.07) is 11.3. The normalized spacial score (nSPS) is 11.7. The molecule has 7 heteroatoms. The maximum atomic E-state index is 12.9. The van der Waals surface area contributed by atoms with Crippen LogP contribution in [0.4, 0.5) is 4.39 Å². The van der Waals surface area contributed by atoms with E-state index in [1.165, 1.54) is 12.1 Å². The molecule has 0 radical (unpaired) electrons. The zero-order valence-corrected chi connectivity index (χ0v) is 15.8. The van der Waals surface area contributed by atoms with Crippen LogP contribution in [0, 0.1) is 5.82 Å². The van der Waals surface area contributed by atoms with Crippen molar-refractivity contribution in [3.8, 4) is 0 Å². The lowest BCUT2D eigenvalue weighted by molar-refractivity contribution is -0.147. The zero-order valence-electron chi connectivity index (χ0n) is 14.2. The highest BCUT2D eigenvalue weighted by molar-refractivity contribution is 7.98. The van der Waals surface area contributed by atoms with Crippen molar-refractivity contribution in [2.24, 2.45) is 0 Å². The first kappa shape index (κ1) is 20.3. The molecule has 0 bridgehead atoms. The summed E-state index contributed by atoms with van der Waals surface area (Å²) >= 11 is 7.39. The van der Waals surface area contributed by atoms with E-state index in [-0.39, 0.29) is 18.3 Å². The second kappa shape index (κ2) is 10.2. The van der Waals surface area contributed by atoms with Crippen molar-refractivity contribution in [3.63, 3.8) is 0 Å². The molecule has 0 aliphatic rings. The van der Waals surface area contributed by atoms with Crippen LogP contribution in [-0.2, 0) is 16.1 Å². The largest absolute Gasteiger partial charge is 0.459 e. The number of carbonyl (C=O) groups excluding carboxylic acids is 2. The van der Waals surface area contributed by atoms with Gasteiger partial charge >= 0.3 is 5.97 Å². The summed E-state index contributed by atoms with van der Waals surface area (Å²) in [6.07, 6.45) is 2.37. The SMILES string of the molecule is CSCC[C@@H](NC(=O)c1ccc(Cl)cc1)C(=O)OCc1ccc(F)cc1. The van der Waals surface area contributed by atoms with Crippen LogP contribution in [0.15, 0.2) is 48.5 Å². The van der Waals surface area contributed by atoms with Gasteiger partial charge in [0.15, 0.2) is 0 Å². The Morgan fingerprint density at radius 2 is 1.81 bits per heavy atom. The molecule has 0 spiro atoms. The van der Waals surface area contributed by atoms with E-state index in [4.69, 9.17) is 16.3 Å². The van der Waals surface area contributed by atoms with Crippen LogP contribution in [-0.4, -0.2) is 29.9 Å². The molecule has 1 atom stereocenters. The van der Waals surface area contributed by atoms with E-state index in [1.807, 2.05) is 6.26 Å². The summed E-state index contributed by atoms with van der Waals surface area (Å²) in [6.45, 7) is 0.0195. The lowest BCUT2D eigenvalue weighted by Gasteiger charge is -2.17. The van der Waals surface area contributed by atoms with Gasteiger partial charge < -0.3 is 10.1 Å². The van der Waals surface area contributed by atoms with E-state index in [0.29, 0.717) is 28.3 Å². The fourth-order valence-electron chi connectivity index (χ4n) is 2.16. The second-order valence-electron chi connectivity index (χ2n) is 5.55. The smallest absolute Gasteiger partial charge is 0.329 e. The molecule has 2 rings (SSSR count). The van der Waals surface area contributed by atoms with Crippen LogP contribution in [0.25, 0.3) is 0 Å². The first-order chi connectivity index (χ1) is 12.5. The summed E-state index contributed by atoms with van der Waals surface area (Å²) in [7, 11) is 0. The quantitative estimate of drug-likeness (QED) is 0.684. The highest BCUT2D eigenvalue weighted by atomic mass is 35.5. The molecule has 1 amide bonds. The van der Waals surface area contributed by atoms with Gasteiger partial charge in [-0.05, 0) is 60.4 Å². The van der Waals surface area contributed by atoms with E-state index < -0.39 is 12.0 Å².